The molecule has 24 nitrogen and oxygen atoms in total. The first-order valence-electron chi connectivity index (χ1n) is 16.0. The van der Waals surface area contributed by atoms with Crippen molar-refractivity contribution >= 4 is 23.9 Å². The van der Waals surface area contributed by atoms with Crippen molar-refractivity contribution in [2.24, 2.45) is 0 Å². The van der Waals surface area contributed by atoms with Crippen molar-refractivity contribution in [3.63, 3.8) is 0 Å². The van der Waals surface area contributed by atoms with Crippen LogP contribution >= 0.6 is 0 Å². The molecule has 0 amide bonds. The Labute approximate surface area is 315 Å². The highest BCUT2D eigenvalue weighted by Crippen LogP contribution is 2.41. The number of esters is 3. The van der Waals surface area contributed by atoms with Gasteiger partial charge in [-0.25, -0.2) is 19.2 Å². The number of ether oxygens (including phenoxy) is 6. The van der Waals surface area contributed by atoms with Gasteiger partial charge in [0.1, 0.15) is 30.5 Å². The van der Waals surface area contributed by atoms with Crippen LogP contribution in [-0.4, -0.2) is 163 Å². The third-order valence-corrected chi connectivity index (χ3v) is 8.45. The van der Waals surface area contributed by atoms with Crippen molar-refractivity contribution in [2.75, 3.05) is 6.61 Å². The molecule has 2 aliphatic rings. The summed E-state index contributed by atoms with van der Waals surface area (Å²) in [5.74, 6) is -15.4. The zero-order valence-corrected chi connectivity index (χ0v) is 28.3. The summed E-state index contributed by atoms with van der Waals surface area (Å²) >= 11 is 0. The van der Waals surface area contributed by atoms with Crippen LogP contribution in [0.25, 0.3) is 0 Å². The van der Waals surface area contributed by atoms with Gasteiger partial charge in [0.2, 0.25) is 18.3 Å². The Kier molecular flexibility index (Phi) is 11.9. The molecule has 10 unspecified atom stereocenters. The maximum absolute atomic E-state index is 13.3. The lowest BCUT2D eigenvalue weighted by atomic mass is 9.98. The molecule has 0 bridgehead atoms. The molecule has 10 atom stereocenters. The molecule has 24 heteroatoms. The lowest BCUT2D eigenvalue weighted by Crippen LogP contribution is -2.62. The van der Waals surface area contributed by atoms with Crippen LogP contribution in [0.15, 0.2) is 36.4 Å². The number of carbonyl (C=O) groups excluding carboxylic acids is 3. The van der Waals surface area contributed by atoms with Crippen molar-refractivity contribution in [2.45, 2.75) is 61.4 Å². The molecule has 14 N–H and O–H groups in total. The fraction of sp³-hybridized carbons (Fsp3) is 0.333. The molecule has 0 spiro atoms. The minimum absolute atomic E-state index is 0.575. The maximum Gasteiger partial charge on any atom is 0.340 e. The first kappa shape index (κ1) is 41.6. The van der Waals surface area contributed by atoms with Gasteiger partial charge in [0.25, 0.3) is 0 Å². The van der Waals surface area contributed by atoms with Crippen molar-refractivity contribution in [1.82, 2.24) is 0 Å². The first-order chi connectivity index (χ1) is 26.7. The van der Waals surface area contributed by atoms with E-state index in [0.717, 1.165) is 0 Å². The Morgan fingerprint density at radius 2 is 0.947 bits per heavy atom. The third kappa shape index (κ3) is 8.36. The van der Waals surface area contributed by atoms with Crippen molar-refractivity contribution in [3.05, 3.63) is 53.1 Å². The van der Waals surface area contributed by atoms with Crippen LogP contribution in [0.2, 0.25) is 0 Å². The van der Waals surface area contributed by atoms with E-state index >= 15 is 0 Å². The van der Waals surface area contributed by atoms with Crippen molar-refractivity contribution in [3.8, 4) is 51.7 Å². The third-order valence-electron chi connectivity index (χ3n) is 8.45. The van der Waals surface area contributed by atoms with E-state index < -0.39 is 160 Å². The fourth-order valence-corrected chi connectivity index (χ4v) is 5.51. The van der Waals surface area contributed by atoms with Gasteiger partial charge in [0.15, 0.2) is 64.3 Å². The molecule has 2 saturated heterocycles. The van der Waals surface area contributed by atoms with Crippen LogP contribution in [0.3, 0.4) is 0 Å². The number of benzene rings is 3. The second-order valence-corrected chi connectivity index (χ2v) is 12.3. The predicted molar refractivity (Wildman–Crippen MR) is 173 cm³/mol. The molecule has 2 aliphatic heterocycles. The monoisotopic (exact) mass is 812 g/mol. The minimum Gasteiger partial charge on any atom is -0.504 e. The van der Waals surface area contributed by atoms with E-state index in [1.165, 1.54) is 0 Å². The van der Waals surface area contributed by atoms with Gasteiger partial charge in [-0.05, 0) is 36.4 Å². The Bertz CT molecular complexity index is 1980. The van der Waals surface area contributed by atoms with Crippen LogP contribution in [0.5, 0.6) is 51.7 Å². The SMILES string of the molecule is O=C(OC1OC(CO)C(OC(=O)c2cc(O)c(O)c(O)c2)C(O)C1OC(=O)c1cc(O)c(O)c(O)c1)c1cc(O)c(OC2OC(C(=O)O)C(O)C(O)C2O)c(O)c1. The summed E-state index contributed by atoms with van der Waals surface area (Å²) in [6.45, 7) is -1.12. The van der Waals surface area contributed by atoms with Gasteiger partial charge < -0.3 is 99.9 Å². The van der Waals surface area contributed by atoms with E-state index in [1.54, 1.807) is 0 Å². The maximum atomic E-state index is 13.3. The highest BCUT2D eigenvalue weighted by molar-refractivity contribution is 5.93. The average Bonchev–Trinajstić information content (AvgIpc) is 3.15. The van der Waals surface area contributed by atoms with E-state index in [0.29, 0.717) is 36.4 Å². The number of aliphatic hydroxyl groups is 5. The molecule has 0 aromatic heterocycles. The van der Waals surface area contributed by atoms with E-state index in [-0.39, 0.29) is 0 Å². The summed E-state index contributed by atoms with van der Waals surface area (Å²) in [6, 6.07) is 3.68. The average molecular weight is 813 g/mol. The standard InChI is InChI=1S/C33H32O24/c34-7-17-25(53-29(49)8-1-11(35)18(41)12(36)2-8)23(46)27(54-30(50)9-3-13(37)19(42)14(38)4-9)33(52-17)57-31(51)10-5-15(39)24(16(40)6-10)55-32-22(45)20(43)21(44)26(56-32)28(47)48/h1-6,17,20-23,25-27,32-46H,7H2,(H,47,48). The molecule has 308 valence electrons. The molecule has 0 saturated carbocycles. The number of aromatic hydroxyl groups is 8. The van der Waals surface area contributed by atoms with E-state index in [9.17, 15) is 90.7 Å². The summed E-state index contributed by atoms with van der Waals surface area (Å²) in [5, 5.41) is 141. The first-order valence-corrected chi connectivity index (χ1v) is 16.0. The predicted octanol–water partition coefficient (Wildman–Crippen LogP) is -2.71. The summed E-state index contributed by atoms with van der Waals surface area (Å²) in [4.78, 5) is 50.9. The topological polar surface area (TPSA) is 407 Å². The van der Waals surface area contributed by atoms with Crippen LogP contribution in [-0.2, 0) is 28.5 Å². The summed E-state index contributed by atoms with van der Waals surface area (Å²) in [5.41, 5.74) is -2.04. The van der Waals surface area contributed by atoms with Crippen LogP contribution in [0, 0.1) is 0 Å². The van der Waals surface area contributed by atoms with E-state index in [4.69, 9.17) is 28.4 Å². The zero-order valence-electron chi connectivity index (χ0n) is 28.3. The van der Waals surface area contributed by atoms with Gasteiger partial charge in [0, 0.05) is 0 Å². The lowest BCUT2D eigenvalue weighted by Gasteiger charge is -2.42. The highest BCUT2D eigenvalue weighted by atomic mass is 16.7. The van der Waals surface area contributed by atoms with Crippen LogP contribution in [0.4, 0.5) is 0 Å². The highest BCUT2D eigenvalue weighted by Gasteiger charge is 2.52. The largest absolute Gasteiger partial charge is 0.504 e. The fourth-order valence-electron chi connectivity index (χ4n) is 5.51. The number of aliphatic carboxylic acids is 1. The number of rotatable bonds is 10. The number of carboxylic acid groups (broad SMARTS) is 1. The summed E-state index contributed by atoms with van der Waals surface area (Å²) < 4.78 is 31.2. The Morgan fingerprint density at radius 1 is 0.526 bits per heavy atom. The number of aliphatic hydroxyl groups excluding tert-OH is 5. The summed E-state index contributed by atoms with van der Waals surface area (Å²) in [6.07, 6.45) is -21.4. The second-order valence-electron chi connectivity index (χ2n) is 12.3. The van der Waals surface area contributed by atoms with Crippen molar-refractivity contribution < 1.29 is 119 Å². The molecule has 2 heterocycles. The number of hydrogen-bond acceptors (Lipinski definition) is 23. The molecule has 2 fully saturated rings. The van der Waals surface area contributed by atoms with Crippen LogP contribution in [0.1, 0.15) is 31.1 Å². The quantitative estimate of drug-likeness (QED) is 0.0562. The van der Waals surface area contributed by atoms with Crippen molar-refractivity contribution in [1.29, 1.82) is 0 Å². The van der Waals surface area contributed by atoms with Gasteiger partial charge in [-0.3, -0.25) is 0 Å². The van der Waals surface area contributed by atoms with Crippen LogP contribution < -0.4 is 4.74 Å². The Morgan fingerprint density at radius 3 is 1.39 bits per heavy atom. The lowest BCUT2D eigenvalue weighted by molar-refractivity contribution is -0.283. The van der Waals surface area contributed by atoms with Gasteiger partial charge in [0.05, 0.1) is 23.3 Å². The Hall–Kier alpha value is -6.54. The normalized spacial score (nSPS) is 27.2. The molecule has 3 aromatic rings. The van der Waals surface area contributed by atoms with E-state index in [2.05, 4.69) is 0 Å². The molecule has 0 aliphatic carbocycles. The van der Waals surface area contributed by atoms with Gasteiger partial charge in [-0.15, -0.1) is 0 Å². The number of carbonyl (C=O) groups is 4. The minimum atomic E-state index is -2.32. The van der Waals surface area contributed by atoms with Gasteiger partial charge in [-0.2, -0.15) is 0 Å². The number of phenols is 8. The van der Waals surface area contributed by atoms with Gasteiger partial charge in [-0.1, -0.05) is 0 Å². The molecule has 5 rings (SSSR count). The number of hydrogen-bond donors (Lipinski definition) is 14. The molecular weight excluding hydrogens is 780 g/mol. The van der Waals surface area contributed by atoms with E-state index in [1.807, 2.05) is 0 Å². The molecule has 57 heavy (non-hydrogen) atoms. The molecular formula is C33H32O24. The van der Waals surface area contributed by atoms with Gasteiger partial charge >= 0.3 is 23.9 Å². The molecule has 3 aromatic carbocycles. The number of phenolic OH excluding ortho intramolecular Hbond substituents is 8. The smallest absolute Gasteiger partial charge is 0.340 e. The second kappa shape index (κ2) is 16.3. The Balaban J connectivity index is 1.42. The number of carboxylic acids is 1. The summed E-state index contributed by atoms with van der Waals surface area (Å²) in [7, 11) is 0. The molecule has 0 radical (unpaired) electrons. The zero-order chi connectivity index (χ0) is 42.2.